The summed E-state index contributed by atoms with van der Waals surface area (Å²) in [5.74, 6) is -1.01. The Hall–Kier alpha value is -2.71. The lowest BCUT2D eigenvalue weighted by Gasteiger charge is -2.12. The Kier molecular flexibility index (Phi) is 3.64. The first-order valence-electron chi connectivity index (χ1n) is 8.07. The lowest BCUT2D eigenvalue weighted by Crippen LogP contribution is -2.16. The van der Waals surface area contributed by atoms with Crippen molar-refractivity contribution in [2.45, 2.75) is 38.4 Å². The average Bonchev–Trinajstić information content (AvgIpc) is 3.19. The maximum absolute atomic E-state index is 13.4. The summed E-state index contributed by atoms with van der Waals surface area (Å²) in [7, 11) is 0. The van der Waals surface area contributed by atoms with Crippen molar-refractivity contribution in [2.75, 3.05) is 5.32 Å². The normalized spacial score (nSPS) is 19.8. The summed E-state index contributed by atoms with van der Waals surface area (Å²) in [4.78, 5) is 0. The molecule has 0 aliphatic heterocycles. The molecule has 0 spiro atoms. The molecule has 136 valence electrons. The Morgan fingerprint density at radius 3 is 2.62 bits per heavy atom. The van der Waals surface area contributed by atoms with E-state index in [0.717, 1.165) is 16.5 Å². The van der Waals surface area contributed by atoms with Crippen LogP contribution in [0.5, 0.6) is 0 Å². The molecule has 2 atom stereocenters. The molecule has 2 heterocycles. The molecule has 0 saturated heterocycles. The van der Waals surface area contributed by atoms with Gasteiger partial charge in [0.25, 0.3) is 5.82 Å². The van der Waals surface area contributed by atoms with E-state index in [1.165, 1.54) is 12.1 Å². The quantitative estimate of drug-likeness (QED) is 0.716. The first-order valence-corrected chi connectivity index (χ1v) is 8.07. The molecule has 3 aromatic rings. The number of benzene rings is 1. The monoisotopic (exact) mass is 365 g/mol. The van der Waals surface area contributed by atoms with Gasteiger partial charge in [0.15, 0.2) is 11.5 Å². The van der Waals surface area contributed by atoms with Crippen molar-refractivity contribution in [3.05, 3.63) is 52.6 Å². The van der Waals surface area contributed by atoms with Crippen LogP contribution < -0.4 is 5.32 Å². The van der Waals surface area contributed by atoms with E-state index in [1.54, 1.807) is 19.9 Å². The lowest BCUT2D eigenvalue weighted by molar-refractivity contribution is -0.146. The first-order chi connectivity index (χ1) is 12.3. The highest BCUT2D eigenvalue weighted by Crippen LogP contribution is 2.43. The largest absolute Gasteiger partial charge is 0.453 e. The zero-order valence-electron chi connectivity index (χ0n) is 14.0. The average molecular weight is 365 g/mol. The van der Waals surface area contributed by atoms with Gasteiger partial charge >= 0.3 is 6.18 Å². The molecule has 1 aromatic carbocycles. The van der Waals surface area contributed by atoms with Crippen LogP contribution in [0.1, 0.15) is 34.9 Å². The van der Waals surface area contributed by atoms with Gasteiger partial charge in [-0.15, -0.1) is 15.3 Å². The second kappa shape index (κ2) is 5.65. The second-order valence-corrected chi connectivity index (χ2v) is 6.50. The van der Waals surface area contributed by atoms with Crippen LogP contribution >= 0.6 is 0 Å². The van der Waals surface area contributed by atoms with Crippen LogP contribution in [-0.2, 0) is 6.18 Å². The molecule has 1 fully saturated rings. The fourth-order valence-electron chi connectivity index (χ4n) is 3.08. The number of nitrogens with zero attached hydrogens (tertiary/aromatic N) is 4. The number of fused-ring (bicyclic) bond motifs is 1. The van der Waals surface area contributed by atoms with E-state index in [1.807, 2.05) is 6.07 Å². The SMILES string of the molecule is Cc1c(N[C@@H]2C[C@H]2c2cccc(F)c2)nn2c(C(F)(F)F)nnc2c1C. The van der Waals surface area contributed by atoms with Gasteiger partial charge in [-0.05, 0) is 43.5 Å². The molecule has 26 heavy (non-hydrogen) atoms. The fraction of sp³-hybridized carbons (Fsp3) is 0.353. The van der Waals surface area contributed by atoms with Crippen molar-refractivity contribution in [2.24, 2.45) is 0 Å². The summed E-state index contributed by atoms with van der Waals surface area (Å²) in [5.41, 5.74) is 2.23. The number of anilines is 1. The standard InChI is InChI=1S/C17H15F4N5/c1-8-9(2)15-23-24-16(17(19,20)21)26(15)25-14(8)22-13-7-12(13)10-4-3-5-11(18)6-10/h3-6,12-13H,7H2,1-2H3,(H,22,25)/t12-,13+/m0/s1. The predicted octanol–water partition coefficient (Wildman–Crippen LogP) is 3.87. The van der Waals surface area contributed by atoms with Gasteiger partial charge in [-0.3, -0.25) is 0 Å². The highest BCUT2D eigenvalue weighted by atomic mass is 19.4. The van der Waals surface area contributed by atoms with E-state index in [4.69, 9.17) is 0 Å². The van der Waals surface area contributed by atoms with E-state index in [2.05, 4.69) is 20.6 Å². The van der Waals surface area contributed by atoms with Crippen LogP contribution in [0.2, 0.25) is 0 Å². The van der Waals surface area contributed by atoms with E-state index in [9.17, 15) is 17.6 Å². The minimum absolute atomic E-state index is 0.00864. The molecule has 4 rings (SSSR count). The summed E-state index contributed by atoms with van der Waals surface area (Å²) in [5, 5.41) is 14.1. The maximum Gasteiger partial charge on any atom is 0.453 e. The summed E-state index contributed by atoms with van der Waals surface area (Å²) >= 11 is 0. The molecule has 0 amide bonds. The molecule has 1 saturated carbocycles. The van der Waals surface area contributed by atoms with Crippen LogP contribution in [0.3, 0.4) is 0 Å². The first kappa shape index (κ1) is 16.7. The Morgan fingerprint density at radius 1 is 1.15 bits per heavy atom. The molecule has 0 unspecified atom stereocenters. The Bertz CT molecular complexity index is 995. The molecule has 5 nitrogen and oxygen atoms in total. The number of rotatable bonds is 3. The van der Waals surface area contributed by atoms with E-state index < -0.39 is 12.0 Å². The lowest BCUT2D eigenvalue weighted by atomic mass is 10.1. The molecule has 0 bridgehead atoms. The molecule has 0 radical (unpaired) electrons. The molecule has 2 aromatic heterocycles. The maximum atomic E-state index is 13.4. The summed E-state index contributed by atoms with van der Waals surface area (Å²) in [6, 6.07) is 6.33. The van der Waals surface area contributed by atoms with E-state index >= 15 is 0 Å². The van der Waals surface area contributed by atoms with Gasteiger partial charge in [-0.1, -0.05) is 12.1 Å². The fourth-order valence-corrected chi connectivity index (χ4v) is 3.08. The number of aromatic nitrogens is 4. The second-order valence-electron chi connectivity index (χ2n) is 6.50. The van der Waals surface area contributed by atoms with Crippen molar-refractivity contribution in [1.82, 2.24) is 19.8 Å². The highest BCUT2D eigenvalue weighted by Gasteiger charge is 2.40. The van der Waals surface area contributed by atoms with Gasteiger partial charge < -0.3 is 5.32 Å². The van der Waals surface area contributed by atoms with Crippen LogP contribution in [0.15, 0.2) is 24.3 Å². The molecule has 9 heteroatoms. The number of aryl methyl sites for hydroxylation is 1. The third kappa shape index (κ3) is 2.77. The van der Waals surface area contributed by atoms with Crippen molar-refractivity contribution in [3.8, 4) is 0 Å². The summed E-state index contributed by atoms with van der Waals surface area (Å²) < 4.78 is 53.4. The van der Waals surface area contributed by atoms with E-state index in [0.29, 0.717) is 16.9 Å². The Labute approximate surface area is 146 Å². The van der Waals surface area contributed by atoms with Crippen LogP contribution in [0.4, 0.5) is 23.4 Å². The van der Waals surface area contributed by atoms with Crippen molar-refractivity contribution < 1.29 is 17.6 Å². The van der Waals surface area contributed by atoms with E-state index in [-0.39, 0.29) is 23.4 Å². The minimum atomic E-state index is -4.64. The Morgan fingerprint density at radius 2 is 1.92 bits per heavy atom. The van der Waals surface area contributed by atoms with Gasteiger partial charge in [0, 0.05) is 17.5 Å². The van der Waals surface area contributed by atoms with Gasteiger partial charge in [0.05, 0.1) is 0 Å². The minimum Gasteiger partial charge on any atom is -0.365 e. The zero-order chi connectivity index (χ0) is 18.6. The molecule has 1 N–H and O–H groups in total. The molecule has 1 aliphatic carbocycles. The van der Waals surface area contributed by atoms with Gasteiger partial charge in [0.1, 0.15) is 5.82 Å². The van der Waals surface area contributed by atoms with Gasteiger partial charge in [-0.25, -0.2) is 4.39 Å². The van der Waals surface area contributed by atoms with Crippen molar-refractivity contribution in [3.63, 3.8) is 0 Å². The van der Waals surface area contributed by atoms with Crippen LogP contribution in [0.25, 0.3) is 5.65 Å². The van der Waals surface area contributed by atoms with Crippen molar-refractivity contribution >= 4 is 11.5 Å². The molecular weight excluding hydrogens is 350 g/mol. The Balaban J connectivity index is 1.66. The molecule has 1 aliphatic rings. The third-order valence-corrected chi connectivity index (χ3v) is 4.74. The van der Waals surface area contributed by atoms with Crippen LogP contribution in [-0.4, -0.2) is 25.9 Å². The number of hydrogen-bond acceptors (Lipinski definition) is 4. The number of hydrogen-bond donors (Lipinski definition) is 1. The topological polar surface area (TPSA) is 55.1 Å². The predicted molar refractivity (Wildman–Crippen MR) is 86.4 cm³/mol. The summed E-state index contributed by atoms with van der Waals surface area (Å²) in [6.07, 6.45) is -3.88. The number of halogens is 4. The smallest absolute Gasteiger partial charge is 0.365 e. The number of nitrogens with one attached hydrogen (secondary N) is 1. The molecular formula is C17H15F4N5. The number of alkyl halides is 3. The van der Waals surface area contributed by atoms with Gasteiger partial charge in [0.2, 0.25) is 0 Å². The highest BCUT2D eigenvalue weighted by molar-refractivity contribution is 5.59. The summed E-state index contributed by atoms with van der Waals surface area (Å²) in [6.45, 7) is 3.45. The zero-order valence-corrected chi connectivity index (χ0v) is 14.0. The van der Waals surface area contributed by atoms with Crippen molar-refractivity contribution in [1.29, 1.82) is 0 Å². The van der Waals surface area contributed by atoms with Gasteiger partial charge in [-0.2, -0.15) is 17.7 Å². The third-order valence-electron chi connectivity index (χ3n) is 4.74. The van der Waals surface area contributed by atoms with Crippen LogP contribution in [0, 0.1) is 19.7 Å².